The Morgan fingerprint density at radius 3 is 2.72 bits per heavy atom. The van der Waals surface area contributed by atoms with E-state index in [1.807, 2.05) is 43.3 Å². The fourth-order valence-corrected chi connectivity index (χ4v) is 8.14. The third-order valence-electron chi connectivity index (χ3n) is 8.60. The van der Waals surface area contributed by atoms with E-state index in [0.29, 0.717) is 45.5 Å². The summed E-state index contributed by atoms with van der Waals surface area (Å²) in [5, 5.41) is 11.5. The van der Waals surface area contributed by atoms with E-state index in [1.54, 1.807) is 0 Å². The van der Waals surface area contributed by atoms with Gasteiger partial charge >= 0.3 is 5.97 Å². The quantitative estimate of drug-likeness (QED) is 0.159. The van der Waals surface area contributed by atoms with Crippen molar-refractivity contribution < 1.29 is 28.8 Å². The molecule has 1 N–H and O–H groups in total. The summed E-state index contributed by atoms with van der Waals surface area (Å²) in [6, 6.07) is 11.3. The summed E-state index contributed by atoms with van der Waals surface area (Å²) in [4.78, 5) is 26.9. The highest BCUT2D eigenvalue weighted by Gasteiger charge is 2.28. The third kappa shape index (κ3) is 8.11. The molecule has 2 fully saturated rings. The molecule has 2 aliphatic rings. The Morgan fingerprint density at radius 1 is 1.15 bits per heavy atom. The minimum atomic E-state index is -1.23. The Hall–Kier alpha value is -2.75. The summed E-state index contributed by atoms with van der Waals surface area (Å²) < 4.78 is 25.2. The molecule has 2 atom stereocenters. The van der Waals surface area contributed by atoms with Crippen molar-refractivity contribution in [2.75, 3.05) is 53.0 Å². The average molecular weight is 793 g/mol. The van der Waals surface area contributed by atoms with Gasteiger partial charge in [0.25, 0.3) is 0 Å². The lowest BCUT2D eigenvalue weighted by atomic mass is 10.0. The average Bonchev–Trinajstić information content (AvgIpc) is 3.41. The molecule has 2 aromatic carbocycles. The predicted octanol–water partition coefficient (Wildman–Crippen LogP) is 6.53. The molecular formula is C34H38ClIN4O6S. The zero-order valence-electron chi connectivity index (χ0n) is 26.4. The number of rotatable bonds is 12. The van der Waals surface area contributed by atoms with Crippen molar-refractivity contribution in [2.24, 2.45) is 0 Å². The van der Waals surface area contributed by atoms with Gasteiger partial charge in [0.05, 0.1) is 19.9 Å². The molecule has 2 saturated heterocycles. The SMILES string of the molecule is Cc1c(-c2c(I)sc3ncnc(O[C@H](Cc4ccccc4OC4CCCCO4)C(=O)O)c23)ccc(OCCN2CCN(C)CC2)c1Cl. The highest BCUT2D eigenvalue weighted by atomic mass is 127. The largest absolute Gasteiger partial charge is 0.491 e. The molecular weight excluding hydrogens is 755 g/mol. The first-order chi connectivity index (χ1) is 22.8. The fourth-order valence-electron chi connectivity index (χ4n) is 5.86. The minimum Gasteiger partial charge on any atom is -0.491 e. The van der Waals surface area contributed by atoms with Crippen molar-refractivity contribution in [3.8, 4) is 28.5 Å². The zero-order valence-corrected chi connectivity index (χ0v) is 30.1. The van der Waals surface area contributed by atoms with E-state index in [2.05, 4.69) is 49.4 Å². The van der Waals surface area contributed by atoms with Crippen LogP contribution in [0.15, 0.2) is 42.7 Å². The number of carboxylic acid groups (broad SMARTS) is 1. The van der Waals surface area contributed by atoms with Crippen LogP contribution >= 0.6 is 45.5 Å². The molecule has 4 aromatic rings. The second-order valence-electron chi connectivity index (χ2n) is 11.8. The number of piperazine rings is 1. The number of halogens is 2. The summed E-state index contributed by atoms with van der Waals surface area (Å²) in [5.74, 6) is 0.316. The molecule has 0 radical (unpaired) electrons. The molecule has 0 bridgehead atoms. The van der Waals surface area contributed by atoms with Gasteiger partial charge in [-0.05, 0) is 78.2 Å². The molecule has 2 aromatic heterocycles. The maximum Gasteiger partial charge on any atom is 0.345 e. The Kier molecular flexibility index (Phi) is 11.4. The number of nitrogens with zero attached hydrogens (tertiary/aromatic N) is 4. The summed E-state index contributed by atoms with van der Waals surface area (Å²) >= 11 is 10.7. The van der Waals surface area contributed by atoms with Gasteiger partial charge in [0.1, 0.15) is 29.3 Å². The van der Waals surface area contributed by atoms with Gasteiger partial charge in [0.2, 0.25) is 12.0 Å². The highest BCUT2D eigenvalue weighted by Crippen LogP contribution is 2.46. The van der Waals surface area contributed by atoms with E-state index in [4.69, 9.17) is 30.5 Å². The van der Waals surface area contributed by atoms with Gasteiger partial charge in [0.15, 0.2) is 6.29 Å². The lowest BCUT2D eigenvalue weighted by Crippen LogP contribution is -2.45. The summed E-state index contributed by atoms with van der Waals surface area (Å²) in [6.07, 6.45) is 2.72. The number of aliphatic carboxylic acids is 1. The minimum absolute atomic E-state index is 0.0747. The van der Waals surface area contributed by atoms with Crippen molar-refractivity contribution >= 4 is 61.7 Å². The van der Waals surface area contributed by atoms with Gasteiger partial charge in [-0.3, -0.25) is 4.90 Å². The predicted molar refractivity (Wildman–Crippen MR) is 191 cm³/mol. The van der Waals surface area contributed by atoms with Crippen LogP contribution in [0.3, 0.4) is 0 Å². The Balaban J connectivity index is 1.24. The van der Waals surface area contributed by atoms with Gasteiger partial charge in [-0.25, -0.2) is 14.8 Å². The molecule has 250 valence electrons. The summed E-state index contributed by atoms with van der Waals surface area (Å²) in [5.41, 5.74) is 3.30. The van der Waals surface area contributed by atoms with Gasteiger partial charge in [0, 0.05) is 51.1 Å². The molecule has 1 unspecified atom stereocenters. The molecule has 0 saturated carbocycles. The van der Waals surface area contributed by atoms with E-state index in [9.17, 15) is 9.90 Å². The topological polar surface area (TPSA) is 106 Å². The number of hydrogen-bond acceptors (Lipinski definition) is 10. The van der Waals surface area contributed by atoms with Crippen LogP contribution < -0.4 is 14.2 Å². The maximum absolute atomic E-state index is 12.6. The monoisotopic (exact) mass is 792 g/mol. The van der Waals surface area contributed by atoms with Crippen LogP contribution in [-0.2, 0) is 16.0 Å². The molecule has 6 rings (SSSR count). The van der Waals surface area contributed by atoms with Crippen LogP contribution in [0.4, 0.5) is 0 Å². The summed E-state index contributed by atoms with van der Waals surface area (Å²) in [7, 11) is 2.14. The molecule has 0 amide bonds. The first kappa shape index (κ1) is 34.1. The number of thiophene rings is 1. The van der Waals surface area contributed by atoms with Crippen LogP contribution in [0.25, 0.3) is 21.3 Å². The van der Waals surface area contributed by atoms with Crippen molar-refractivity contribution in [1.29, 1.82) is 0 Å². The number of ether oxygens (including phenoxy) is 4. The van der Waals surface area contributed by atoms with E-state index >= 15 is 0 Å². The molecule has 13 heteroatoms. The molecule has 0 spiro atoms. The lowest BCUT2D eigenvalue weighted by Gasteiger charge is -2.32. The van der Waals surface area contributed by atoms with Crippen LogP contribution in [0, 0.1) is 9.81 Å². The van der Waals surface area contributed by atoms with Gasteiger partial charge < -0.3 is 29.0 Å². The van der Waals surface area contributed by atoms with Crippen molar-refractivity contribution in [2.45, 2.75) is 45.0 Å². The zero-order chi connectivity index (χ0) is 32.9. The van der Waals surface area contributed by atoms with Gasteiger partial charge in [-0.15, -0.1) is 11.3 Å². The van der Waals surface area contributed by atoms with E-state index in [-0.39, 0.29) is 18.6 Å². The first-order valence-electron chi connectivity index (χ1n) is 15.8. The molecule has 2 aliphatic heterocycles. The van der Waals surface area contributed by atoms with Crippen LogP contribution in [0.2, 0.25) is 5.02 Å². The smallest absolute Gasteiger partial charge is 0.345 e. The number of carboxylic acids is 1. The second kappa shape index (κ2) is 15.6. The number of aromatic nitrogens is 2. The first-order valence-corrected chi connectivity index (χ1v) is 18.1. The van der Waals surface area contributed by atoms with Crippen molar-refractivity contribution in [3.05, 3.63) is 61.8 Å². The molecule has 10 nitrogen and oxygen atoms in total. The van der Waals surface area contributed by atoms with Crippen molar-refractivity contribution in [3.63, 3.8) is 0 Å². The number of para-hydroxylation sites is 1. The lowest BCUT2D eigenvalue weighted by molar-refractivity contribution is -0.145. The van der Waals surface area contributed by atoms with E-state index in [1.165, 1.54) is 17.7 Å². The highest BCUT2D eigenvalue weighted by molar-refractivity contribution is 14.1. The molecule has 47 heavy (non-hydrogen) atoms. The van der Waals surface area contributed by atoms with Crippen LogP contribution in [-0.4, -0.2) is 96.2 Å². The third-order valence-corrected chi connectivity index (χ3v) is 11.2. The standard InChI is InChI=1S/C34H38ClIN4O6S/c1-21-23(10-11-25(30(21)35)43-18-16-40-14-12-39(2)13-15-40)28-29-32(37-20-38-33(29)47-31(28)36)46-26(34(41)42)19-22-7-3-4-8-24(22)45-27-9-5-6-17-44-27/h3-4,7-8,10-11,20,26-27H,5-6,9,12-19H2,1-2H3,(H,41,42)/t26-,27?/m1/s1. The Morgan fingerprint density at radius 2 is 1.96 bits per heavy atom. The Bertz CT molecular complexity index is 1710. The molecule has 0 aliphatic carbocycles. The van der Waals surface area contributed by atoms with Gasteiger partial charge in [-0.1, -0.05) is 35.9 Å². The van der Waals surface area contributed by atoms with Crippen LogP contribution in [0.5, 0.6) is 17.4 Å². The summed E-state index contributed by atoms with van der Waals surface area (Å²) in [6.45, 7) is 8.17. The van der Waals surface area contributed by atoms with E-state index < -0.39 is 12.1 Å². The number of fused-ring (bicyclic) bond motifs is 1. The Labute approximate surface area is 297 Å². The fraction of sp³-hybridized carbons (Fsp3) is 0.441. The molecule has 4 heterocycles. The number of carbonyl (C=O) groups is 1. The van der Waals surface area contributed by atoms with Gasteiger partial charge in [-0.2, -0.15) is 0 Å². The second-order valence-corrected chi connectivity index (χ2v) is 15.0. The maximum atomic E-state index is 12.6. The van der Waals surface area contributed by atoms with E-state index in [0.717, 1.165) is 71.6 Å². The normalized spacial score (nSPS) is 18.3. The number of hydrogen-bond donors (Lipinski definition) is 1. The van der Waals surface area contributed by atoms with Crippen molar-refractivity contribution in [1.82, 2.24) is 19.8 Å². The number of benzene rings is 2. The number of likely N-dealkylation sites (N-methyl/N-ethyl adjacent to an activating group) is 1. The van der Waals surface area contributed by atoms with Crippen LogP contribution in [0.1, 0.15) is 30.4 Å².